The summed E-state index contributed by atoms with van der Waals surface area (Å²) in [6.45, 7) is 4.38. The Bertz CT molecular complexity index is 1500. The van der Waals surface area contributed by atoms with Crippen molar-refractivity contribution in [2.75, 3.05) is 30.4 Å². The van der Waals surface area contributed by atoms with Gasteiger partial charge < -0.3 is 15.3 Å². The molecule has 2 N–H and O–H groups in total. The quantitative estimate of drug-likeness (QED) is 0.259. The van der Waals surface area contributed by atoms with Crippen LogP contribution in [0.15, 0.2) is 42.7 Å². The van der Waals surface area contributed by atoms with Gasteiger partial charge in [0.15, 0.2) is 0 Å². The van der Waals surface area contributed by atoms with Gasteiger partial charge in [-0.2, -0.15) is 10.1 Å². The molecule has 3 heterocycles. The van der Waals surface area contributed by atoms with E-state index in [1.165, 1.54) is 48.2 Å². The molecule has 4 aliphatic rings. The minimum absolute atomic E-state index is 0.0792. The summed E-state index contributed by atoms with van der Waals surface area (Å²) in [4.78, 5) is 27.3. The summed E-state index contributed by atoms with van der Waals surface area (Å²) in [7, 11) is 4.15. The molecule has 9 nitrogen and oxygen atoms in total. The summed E-state index contributed by atoms with van der Waals surface area (Å²) < 4.78 is 1.91. The summed E-state index contributed by atoms with van der Waals surface area (Å²) in [5, 5.41) is 18.1. The molecule has 3 fully saturated rings. The van der Waals surface area contributed by atoms with Crippen molar-refractivity contribution in [2.45, 2.75) is 102 Å². The molecule has 246 valence electrons. The van der Waals surface area contributed by atoms with Crippen LogP contribution in [0.5, 0.6) is 0 Å². The number of aryl methyl sites for hydroxylation is 2. The third kappa shape index (κ3) is 6.40. The maximum absolute atomic E-state index is 11.6. The van der Waals surface area contributed by atoms with Crippen molar-refractivity contribution in [3.63, 3.8) is 0 Å². The molecule has 2 aromatic heterocycles. The van der Waals surface area contributed by atoms with Gasteiger partial charge in [0.1, 0.15) is 5.82 Å². The molecule has 0 spiro atoms. The van der Waals surface area contributed by atoms with Crippen molar-refractivity contribution in [3.8, 4) is 0 Å². The molecule has 2 saturated carbocycles. The molecule has 1 aromatic carbocycles. The Balaban J connectivity index is 1.21. The van der Waals surface area contributed by atoms with Crippen molar-refractivity contribution in [3.05, 3.63) is 65.1 Å². The topological polar surface area (TPSA) is 99.4 Å². The third-order valence-electron chi connectivity index (χ3n) is 11.8. The van der Waals surface area contributed by atoms with Gasteiger partial charge in [-0.15, -0.1) is 0 Å². The van der Waals surface area contributed by atoms with Crippen molar-refractivity contribution in [1.29, 1.82) is 0 Å². The van der Waals surface area contributed by atoms with E-state index in [4.69, 9.17) is 9.97 Å². The summed E-state index contributed by atoms with van der Waals surface area (Å²) >= 11 is 0. The van der Waals surface area contributed by atoms with E-state index in [0.717, 1.165) is 75.6 Å². The van der Waals surface area contributed by atoms with Gasteiger partial charge in [0.2, 0.25) is 5.95 Å². The van der Waals surface area contributed by atoms with E-state index in [2.05, 4.69) is 70.7 Å². The predicted octanol–water partition coefficient (Wildman–Crippen LogP) is 6.23. The first-order valence-electron chi connectivity index (χ1n) is 17.8. The number of nitrogens with zero attached hydrogens (tertiary/aromatic N) is 6. The van der Waals surface area contributed by atoms with Crippen LogP contribution in [0.1, 0.15) is 99.1 Å². The van der Waals surface area contributed by atoms with Crippen LogP contribution < -0.4 is 10.2 Å². The molecule has 5 atom stereocenters. The van der Waals surface area contributed by atoms with Gasteiger partial charge >= 0.3 is 5.97 Å². The molecule has 46 heavy (non-hydrogen) atoms. The van der Waals surface area contributed by atoms with Crippen molar-refractivity contribution in [1.82, 2.24) is 24.6 Å². The number of carboxylic acid groups (broad SMARTS) is 1. The Morgan fingerprint density at radius 3 is 2.54 bits per heavy atom. The highest BCUT2D eigenvalue weighted by atomic mass is 16.4. The lowest BCUT2D eigenvalue weighted by atomic mass is 9.77. The zero-order valence-electron chi connectivity index (χ0n) is 27.8. The number of rotatable bonds is 11. The van der Waals surface area contributed by atoms with E-state index in [0.29, 0.717) is 17.9 Å². The molecule has 1 saturated heterocycles. The monoisotopic (exact) mass is 625 g/mol. The van der Waals surface area contributed by atoms with E-state index in [9.17, 15) is 9.90 Å². The van der Waals surface area contributed by atoms with E-state index in [1.807, 2.05) is 17.9 Å². The van der Waals surface area contributed by atoms with Crippen LogP contribution in [-0.4, -0.2) is 67.9 Å². The Morgan fingerprint density at radius 2 is 1.89 bits per heavy atom. The number of hydrogen-bond donors (Lipinski definition) is 2. The standard InChI is InChI=1S/C37H51N7O2/c1-4-34(26-11-13-27(14-12-26)36(45)46)43(3)37-40-32-17-15-28(25-8-6-5-7-9-25)19-31(32)35(41-37)39-33(29-20-38-42(2)22-29)23-44-21-24-10-16-30(44)18-24/h5-9,20,22,24,26-28,30,33-34H,4,10-19,21,23H2,1-3H3,(H,45,46)(H,39,40,41)/t24?,26?,27?,28-,30?,33+,34-/m1/s1. The summed E-state index contributed by atoms with van der Waals surface area (Å²) in [5.74, 6) is 2.63. The molecule has 3 aromatic rings. The molecule has 2 bridgehead atoms. The van der Waals surface area contributed by atoms with Gasteiger partial charge in [0.25, 0.3) is 0 Å². The highest BCUT2D eigenvalue weighted by Gasteiger charge is 2.39. The number of anilines is 2. The maximum Gasteiger partial charge on any atom is 0.306 e. The number of hydrogen-bond acceptors (Lipinski definition) is 7. The molecule has 0 amide bonds. The number of carbonyl (C=O) groups is 1. The van der Waals surface area contributed by atoms with Crippen LogP contribution in [-0.2, 0) is 24.7 Å². The van der Waals surface area contributed by atoms with E-state index in [1.54, 1.807) is 0 Å². The highest BCUT2D eigenvalue weighted by Crippen LogP contribution is 2.41. The van der Waals surface area contributed by atoms with Crippen LogP contribution in [0.25, 0.3) is 0 Å². The first-order valence-corrected chi connectivity index (χ1v) is 17.8. The Hall–Kier alpha value is -3.46. The first-order chi connectivity index (χ1) is 22.4. The van der Waals surface area contributed by atoms with Gasteiger partial charge in [-0.3, -0.25) is 14.4 Å². The number of aromatic nitrogens is 4. The van der Waals surface area contributed by atoms with E-state index >= 15 is 0 Å². The molecule has 9 heteroatoms. The van der Waals surface area contributed by atoms with Gasteiger partial charge in [0, 0.05) is 56.6 Å². The second kappa shape index (κ2) is 13.3. The lowest BCUT2D eigenvalue weighted by molar-refractivity contribution is -0.143. The smallest absolute Gasteiger partial charge is 0.306 e. The van der Waals surface area contributed by atoms with E-state index < -0.39 is 5.97 Å². The largest absolute Gasteiger partial charge is 0.481 e. The first kappa shape index (κ1) is 31.2. The Labute approximate surface area is 273 Å². The fourth-order valence-electron chi connectivity index (χ4n) is 9.21. The van der Waals surface area contributed by atoms with Gasteiger partial charge in [-0.25, -0.2) is 4.98 Å². The SMILES string of the molecule is CC[C@H](C1CCC(C(=O)O)CC1)N(C)c1nc2c(c(N[C@@H](CN3CC4CCC3C4)c3cnn(C)c3)n1)C[C@H](c1ccccc1)CC2. The lowest BCUT2D eigenvalue weighted by Crippen LogP contribution is -2.41. The highest BCUT2D eigenvalue weighted by molar-refractivity contribution is 5.70. The number of aliphatic carboxylic acids is 1. The number of likely N-dealkylation sites (tertiary alicyclic amines) is 1. The van der Waals surface area contributed by atoms with Gasteiger partial charge in [-0.05, 0) is 93.9 Å². The molecule has 0 radical (unpaired) electrons. The average molecular weight is 626 g/mol. The van der Waals surface area contributed by atoms with E-state index in [-0.39, 0.29) is 18.0 Å². The van der Waals surface area contributed by atoms with Crippen LogP contribution in [0.2, 0.25) is 0 Å². The van der Waals surface area contributed by atoms with Crippen LogP contribution in [0.3, 0.4) is 0 Å². The zero-order chi connectivity index (χ0) is 31.8. The number of benzene rings is 1. The number of carboxylic acids is 1. The number of piperidine rings is 1. The molecular weight excluding hydrogens is 574 g/mol. The second-order valence-electron chi connectivity index (χ2n) is 14.6. The van der Waals surface area contributed by atoms with Crippen LogP contribution >= 0.6 is 0 Å². The minimum Gasteiger partial charge on any atom is -0.481 e. The molecule has 3 aliphatic carbocycles. The molecule has 7 rings (SSSR count). The van der Waals surface area contributed by atoms with Crippen LogP contribution in [0.4, 0.5) is 11.8 Å². The Morgan fingerprint density at radius 1 is 1.09 bits per heavy atom. The zero-order valence-corrected chi connectivity index (χ0v) is 27.8. The second-order valence-corrected chi connectivity index (χ2v) is 14.6. The molecule has 2 unspecified atom stereocenters. The van der Waals surface area contributed by atoms with Crippen molar-refractivity contribution < 1.29 is 9.90 Å². The Kier molecular flexibility index (Phi) is 9.03. The lowest BCUT2D eigenvalue weighted by Gasteiger charge is -2.38. The maximum atomic E-state index is 11.6. The normalized spacial score (nSPS) is 27.2. The molecular formula is C37H51N7O2. The van der Waals surface area contributed by atoms with Crippen molar-refractivity contribution >= 4 is 17.7 Å². The summed E-state index contributed by atoms with van der Waals surface area (Å²) in [6, 6.07) is 12.0. The fraction of sp³-hybridized carbons (Fsp3) is 0.622. The summed E-state index contributed by atoms with van der Waals surface area (Å²) in [5.41, 5.74) is 5.01. The van der Waals surface area contributed by atoms with Crippen molar-refractivity contribution in [2.24, 2.45) is 24.8 Å². The third-order valence-corrected chi connectivity index (χ3v) is 11.8. The summed E-state index contributed by atoms with van der Waals surface area (Å²) in [6.07, 6.45) is 15.5. The fourth-order valence-corrected chi connectivity index (χ4v) is 9.21. The van der Waals surface area contributed by atoms with Gasteiger partial charge in [0.05, 0.1) is 23.9 Å². The number of fused-ring (bicyclic) bond motifs is 3. The minimum atomic E-state index is -0.646. The molecule has 1 aliphatic heterocycles. The average Bonchev–Trinajstić information content (AvgIpc) is 3.83. The van der Waals surface area contributed by atoms with Gasteiger partial charge in [-0.1, -0.05) is 37.3 Å². The number of nitrogens with one attached hydrogen (secondary N) is 1. The van der Waals surface area contributed by atoms with Crippen LogP contribution in [0, 0.1) is 17.8 Å². The predicted molar refractivity (Wildman–Crippen MR) is 181 cm³/mol.